The second kappa shape index (κ2) is 16.8. The summed E-state index contributed by atoms with van der Waals surface area (Å²) in [6.07, 6.45) is 0. The average Bonchev–Trinajstić information content (AvgIpc) is 4.23. The molecule has 0 fully saturated rings. The van der Waals surface area contributed by atoms with E-state index < -0.39 is 0 Å². The zero-order valence-electron chi connectivity index (χ0n) is 47.0. The van der Waals surface area contributed by atoms with Gasteiger partial charge in [-0.2, -0.15) is 0 Å². The van der Waals surface area contributed by atoms with Crippen LogP contribution in [-0.2, 0) is 0 Å². The molecule has 8 nitrogen and oxygen atoms in total. The van der Waals surface area contributed by atoms with Crippen molar-refractivity contribution in [3.8, 4) is 11.8 Å². The van der Waals surface area contributed by atoms with Gasteiger partial charge in [0.25, 0.3) is 0 Å². The van der Waals surface area contributed by atoms with E-state index >= 15 is 0 Å². The van der Waals surface area contributed by atoms with Gasteiger partial charge in [-0.15, -0.1) is 0 Å². The first-order chi connectivity index (χ1) is 33.9. The molecule has 16 bridgehead atoms. The van der Waals surface area contributed by atoms with Crippen molar-refractivity contribution in [2.45, 2.75) is 164 Å². The highest BCUT2D eigenvalue weighted by atomic mass is 14.9. The summed E-state index contributed by atoms with van der Waals surface area (Å²) in [6, 6.07) is -0.236. The Morgan fingerprint density at radius 3 is 1.00 bits per heavy atom. The quantitative estimate of drug-likeness (QED) is 0.0831. The van der Waals surface area contributed by atoms with Gasteiger partial charge in [0.1, 0.15) is 0 Å². The van der Waals surface area contributed by atoms with E-state index in [2.05, 4.69) is 194 Å². The Morgan fingerprint density at radius 2 is 0.542 bits per heavy atom. The Balaban J connectivity index is 1.37. The zero-order valence-corrected chi connectivity index (χ0v) is 47.0. The third kappa shape index (κ3) is 6.71. The van der Waals surface area contributed by atoms with Gasteiger partial charge in [-0.05, 0) is 275 Å². The van der Waals surface area contributed by atoms with Crippen LogP contribution < -0.4 is 42.8 Å². The maximum absolute atomic E-state index is 5.74. The van der Waals surface area contributed by atoms with E-state index in [4.69, 9.17) is 9.98 Å². The van der Waals surface area contributed by atoms with Gasteiger partial charge in [-0.3, -0.25) is 9.98 Å². The van der Waals surface area contributed by atoms with Crippen molar-refractivity contribution in [2.75, 3.05) is 0 Å². The van der Waals surface area contributed by atoms with E-state index in [1.165, 1.54) is 117 Å². The molecule has 0 saturated heterocycles. The summed E-state index contributed by atoms with van der Waals surface area (Å²) in [4.78, 5) is 35.1. The van der Waals surface area contributed by atoms with Gasteiger partial charge >= 0.3 is 0 Å². The van der Waals surface area contributed by atoms with Gasteiger partial charge in [0.05, 0.1) is 51.0 Å². The van der Waals surface area contributed by atoms with Crippen molar-refractivity contribution in [3.05, 3.63) is 155 Å². The average molecular weight is 955 g/mol. The molecule has 0 amide bonds. The van der Waals surface area contributed by atoms with Crippen molar-refractivity contribution in [2.24, 2.45) is 9.98 Å². The minimum atomic E-state index is -0.152. The van der Waals surface area contributed by atoms with Crippen LogP contribution in [0.25, 0.3) is 44.6 Å². The number of aromatic nitrogens is 6. The van der Waals surface area contributed by atoms with Crippen LogP contribution in [0.15, 0.2) is 32.3 Å². The van der Waals surface area contributed by atoms with Gasteiger partial charge in [-0.25, -0.2) is 0 Å². The smallest absolute Gasteiger partial charge is 0.0951 e. The van der Waals surface area contributed by atoms with Crippen LogP contribution in [0.3, 0.4) is 0 Å². The lowest BCUT2D eigenvalue weighted by atomic mass is 9.95. The van der Waals surface area contributed by atoms with Crippen molar-refractivity contribution in [1.82, 2.24) is 29.9 Å². The predicted octanol–water partition coefficient (Wildman–Crippen LogP) is 7.92. The van der Waals surface area contributed by atoms with Gasteiger partial charge in [0, 0.05) is 49.2 Å². The van der Waals surface area contributed by atoms with Crippen LogP contribution in [0, 0.1) is 94.9 Å². The maximum atomic E-state index is 5.74. The molecule has 0 unspecified atom stereocenters. The molecule has 2 atom stereocenters. The fraction of sp³-hybridized carbons (Fsp3) is 0.375. The van der Waals surface area contributed by atoms with Gasteiger partial charge in [0.2, 0.25) is 0 Å². The number of hydrogen-bond acceptors (Lipinski definition) is 2. The molecular weight excluding hydrogens is 881 g/mol. The second-order valence-electron chi connectivity index (χ2n) is 22.0. The number of H-pyrrole nitrogens is 6. The Hall–Kier alpha value is -6.98. The lowest BCUT2D eigenvalue weighted by Gasteiger charge is -2.10. The number of rotatable bonds is 0. The number of nitrogens with zero attached hydrogens (tertiary/aromatic N) is 2. The van der Waals surface area contributed by atoms with Crippen molar-refractivity contribution >= 4 is 56.0 Å². The normalized spacial score (nSPS) is 21.1. The maximum Gasteiger partial charge on any atom is 0.0951 e. The minimum Gasteiger partial charge on any atom is -0.355 e. The Kier molecular flexibility index (Phi) is 11.3. The Morgan fingerprint density at radius 1 is 0.250 bits per heavy atom. The molecule has 370 valence electrons. The van der Waals surface area contributed by atoms with Crippen LogP contribution in [-0.4, -0.2) is 53.4 Å². The molecule has 4 aliphatic rings. The minimum absolute atomic E-state index is 0.0843. The topological polar surface area (TPSA) is 119 Å². The van der Waals surface area contributed by atoms with Crippen LogP contribution >= 0.6 is 0 Å². The molecule has 0 aromatic carbocycles. The molecule has 0 spiro atoms. The summed E-state index contributed by atoms with van der Waals surface area (Å²) in [7, 11) is 0. The highest BCUT2D eigenvalue weighted by molar-refractivity contribution is 6.33. The molecular formula is C64H74N8. The lowest BCUT2D eigenvalue weighted by Crippen LogP contribution is -2.22. The molecule has 4 aliphatic heterocycles. The molecule has 6 N–H and O–H groups in total. The third-order valence-electron chi connectivity index (χ3n) is 18.5. The molecule has 0 saturated carbocycles. The Bertz CT molecular complexity index is 4270. The number of aromatic amines is 6. The number of fused-ring (bicyclic) bond motifs is 14. The van der Waals surface area contributed by atoms with Crippen molar-refractivity contribution in [3.63, 3.8) is 0 Å². The van der Waals surface area contributed by atoms with Crippen LogP contribution in [0.2, 0.25) is 0 Å². The third-order valence-corrected chi connectivity index (χ3v) is 18.5. The van der Waals surface area contributed by atoms with Crippen molar-refractivity contribution < 1.29 is 0 Å². The van der Waals surface area contributed by atoms with E-state index in [0.717, 1.165) is 93.7 Å². The first kappa shape index (κ1) is 48.6. The number of aliphatic imine (C=N–C) groups is 2. The molecule has 72 heavy (non-hydrogen) atoms. The summed E-state index contributed by atoms with van der Waals surface area (Å²) in [5.41, 5.74) is 35.0. The summed E-state index contributed by atoms with van der Waals surface area (Å²) in [5, 5.41) is 8.83. The molecule has 6 aromatic rings. The SMILES string of the molecule is CC1=C(C)[C@H]2N=C1C(C#C/C1=c3/[nH]/c(c(C)c3C)=C(/C)[C@@H]3N=C(C(C)=C3C)C(C)=c3[nH]c(c(C)c3C)=C(C)c3[nH]c1c(C)c3C)=c1[nH]c(c(C)c1C)=C(C)c1[nH]c(c(C)c1C)/C(C)=c1\[nH]/c(c(C)c1C)=C\2C. The summed E-state index contributed by atoms with van der Waals surface area (Å²) >= 11 is 0. The first-order valence-corrected chi connectivity index (χ1v) is 25.9. The second-order valence-corrected chi connectivity index (χ2v) is 22.0. The van der Waals surface area contributed by atoms with Crippen LogP contribution in [0.5, 0.6) is 0 Å². The highest BCUT2D eigenvalue weighted by Gasteiger charge is 2.30. The van der Waals surface area contributed by atoms with Crippen LogP contribution in [0.1, 0.15) is 159 Å². The summed E-state index contributed by atoms with van der Waals surface area (Å²) in [5.74, 6) is 7.90. The van der Waals surface area contributed by atoms with Crippen LogP contribution in [0.4, 0.5) is 0 Å². The van der Waals surface area contributed by atoms with Crippen molar-refractivity contribution in [1.29, 1.82) is 0 Å². The number of hydrogen-bond donors (Lipinski definition) is 6. The molecule has 0 radical (unpaired) electrons. The zero-order chi connectivity index (χ0) is 52.2. The lowest BCUT2D eigenvalue weighted by molar-refractivity contribution is 0.964. The molecule has 10 rings (SSSR count). The van der Waals surface area contributed by atoms with E-state index in [-0.39, 0.29) is 12.1 Å². The van der Waals surface area contributed by atoms with E-state index in [0.29, 0.717) is 0 Å². The first-order valence-electron chi connectivity index (χ1n) is 25.9. The number of allylic oxidation sites excluding steroid dienone is 2. The van der Waals surface area contributed by atoms with E-state index in [1.54, 1.807) is 0 Å². The molecule has 8 heteroatoms. The summed E-state index contributed by atoms with van der Waals surface area (Å²) < 4.78 is 0. The van der Waals surface area contributed by atoms with Gasteiger partial charge < -0.3 is 29.9 Å². The fourth-order valence-electron chi connectivity index (χ4n) is 12.6. The number of nitrogens with one attached hydrogen (secondary N) is 6. The monoisotopic (exact) mass is 955 g/mol. The Labute approximate surface area is 424 Å². The van der Waals surface area contributed by atoms with E-state index in [1.807, 2.05) is 0 Å². The highest BCUT2D eigenvalue weighted by Crippen LogP contribution is 2.33. The molecule has 0 aliphatic carbocycles. The predicted molar refractivity (Wildman–Crippen MR) is 303 cm³/mol. The van der Waals surface area contributed by atoms with Gasteiger partial charge in [-0.1, -0.05) is 11.8 Å². The van der Waals surface area contributed by atoms with Gasteiger partial charge in [0.15, 0.2) is 0 Å². The molecule has 6 aromatic heterocycles. The largest absolute Gasteiger partial charge is 0.355 e. The van der Waals surface area contributed by atoms with E-state index in [9.17, 15) is 0 Å². The summed E-state index contributed by atoms with van der Waals surface area (Å²) in [6.45, 7) is 49.4. The standard InChI is InChI=1S/C64H74N8/c1-25-29(5)53-43(19)57-33(9)37(13)61(69-57)47(62-38(14)34(10)58(70-62)44(20)54-30(6)26(2)50(66-54)41(17)49(25)65-53)23-24-48-63-39(15)35(11)59(71-63)45(21)55-31(7)27(3)51(67-55)42(18)52-28(4)32(8)56(68-52)46(22)60-36(12)40(16)64(48)72-60/h53,59,66-70,72H,1-22H3/b50-41?,51-42-,54-44?,55-45-,57-43-,60-46?,61-47-,64-48?/t53-,59-/m1/s1. The molecule has 10 heterocycles. The fourth-order valence-corrected chi connectivity index (χ4v) is 12.6.